The molecule has 0 fully saturated rings. The maximum Gasteiger partial charge on any atom is 0.412 e. The smallest absolute Gasteiger partial charge is 0.373 e. The third kappa shape index (κ3) is 1.82. The molecule has 0 radical (unpaired) electrons. The fraction of sp³-hybridized carbons (Fsp3) is 0. The summed E-state index contributed by atoms with van der Waals surface area (Å²) in [6.07, 6.45) is -1.09. The topological polar surface area (TPSA) is 69.4 Å². The van der Waals surface area contributed by atoms with Gasteiger partial charge in [-0.1, -0.05) is 6.07 Å². The average Bonchev–Trinajstić information content (AvgIpc) is 2.63. The predicted molar refractivity (Wildman–Crippen MR) is 56.8 cm³/mol. The minimum atomic E-state index is -1.09. The first kappa shape index (κ1) is 9.67. The molecule has 76 valence electrons. The van der Waals surface area contributed by atoms with Gasteiger partial charge in [0.05, 0.1) is 5.56 Å². The summed E-state index contributed by atoms with van der Waals surface area (Å²) >= 11 is 1.51. The zero-order chi connectivity index (χ0) is 10.8. The van der Waals surface area contributed by atoms with Crippen molar-refractivity contribution in [1.29, 1.82) is 0 Å². The number of carbonyl (C=O) groups excluding carboxylic acids is 2. The Morgan fingerprint density at radius 1 is 1.27 bits per heavy atom. The summed E-state index contributed by atoms with van der Waals surface area (Å²) in [6.45, 7) is 0. The molecule has 0 unspecified atom stereocenters. The van der Waals surface area contributed by atoms with E-state index in [0.717, 1.165) is 10.1 Å². The number of carbonyl (C=O) groups is 2. The Morgan fingerprint density at radius 2 is 2.07 bits per heavy atom. The van der Waals surface area contributed by atoms with Crippen molar-refractivity contribution >= 4 is 33.5 Å². The Balaban J connectivity index is 2.47. The fourth-order valence-electron chi connectivity index (χ4n) is 1.32. The van der Waals surface area contributed by atoms with Crippen LogP contribution in [0.2, 0.25) is 0 Å². The Bertz CT molecular complexity index is 532. The normalized spacial score (nSPS) is 10.1. The molecule has 1 aromatic heterocycles. The van der Waals surface area contributed by atoms with Crippen molar-refractivity contribution in [3.8, 4) is 0 Å². The molecule has 1 amide bonds. The highest BCUT2D eigenvalue weighted by Gasteiger charge is 2.13. The molecule has 0 saturated carbocycles. The standard InChI is InChI=1S/C10H7NO3S/c11-10(13)14-9(12)7-2-1-3-8-6(7)4-5-15-8/h1-5H,(H2,11,13). The summed E-state index contributed by atoms with van der Waals surface area (Å²) in [5.74, 6) is -0.716. The zero-order valence-electron chi connectivity index (χ0n) is 7.60. The van der Waals surface area contributed by atoms with Gasteiger partial charge in [0.15, 0.2) is 0 Å². The van der Waals surface area contributed by atoms with Crippen LogP contribution in [0.1, 0.15) is 10.4 Å². The van der Waals surface area contributed by atoms with Crippen LogP contribution in [0.3, 0.4) is 0 Å². The molecule has 1 aromatic carbocycles. The molecule has 0 aliphatic carbocycles. The van der Waals surface area contributed by atoms with Crippen LogP contribution in [-0.4, -0.2) is 12.1 Å². The summed E-state index contributed by atoms with van der Waals surface area (Å²) in [5.41, 5.74) is 5.12. The van der Waals surface area contributed by atoms with Crippen LogP contribution in [-0.2, 0) is 4.74 Å². The average molecular weight is 221 g/mol. The van der Waals surface area contributed by atoms with Crippen LogP contribution in [0.25, 0.3) is 10.1 Å². The lowest BCUT2D eigenvalue weighted by molar-refractivity contribution is 0.0640. The molecule has 4 nitrogen and oxygen atoms in total. The van der Waals surface area contributed by atoms with Gasteiger partial charge in [-0.3, -0.25) is 0 Å². The first-order valence-electron chi connectivity index (χ1n) is 4.16. The van der Waals surface area contributed by atoms with E-state index in [-0.39, 0.29) is 0 Å². The highest BCUT2D eigenvalue weighted by atomic mass is 32.1. The number of hydrogen-bond acceptors (Lipinski definition) is 4. The Kier molecular flexibility index (Phi) is 2.39. The van der Waals surface area contributed by atoms with Gasteiger partial charge in [0.2, 0.25) is 0 Å². The van der Waals surface area contributed by atoms with Gasteiger partial charge in [-0.2, -0.15) is 0 Å². The highest BCUT2D eigenvalue weighted by molar-refractivity contribution is 7.17. The van der Waals surface area contributed by atoms with E-state index in [4.69, 9.17) is 5.73 Å². The van der Waals surface area contributed by atoms with Crippen LogP contribution in [0, 0.1) is 0 Å². The van der Waals surface area contributed by atoms with Crippen molar-refractivity contribution in [2.24, 2.45) is 5.73 Å². The maximum atomic E-state index is 11.4. The van der Waals surface area contributed by atoms with Gasteiger partial charge in [0.25, 0.3) is 0 Å². The third-order valence-corrected chi connectivity index (χ3v) is 2.79. The maximum absolute atomic E-state index is 11.4. The number of amides is 1. The molecule has 0 aliphatic rings. The van der Waals surface area contributed by atoms with Crippen LogP contribution in [0.4, 0.5) is 4.79 Å². The Morgan fingerprint density at radius 3 is 2.80 bits per heavy atom. The number of nitrogens with two attached hydrogens (primary N) is 1. The van der Waals surface area contributed by atoms with Gasteiger partial charge >= 0.3 is 12.1 Å². The number of hydrogen-bond donors (Lipinski definition) is 1. The molecule has 0 bridgehead atoms. The predicted octanol–water partition coefficient (Wildman–Crippen LogP) is 2.14. The van der Waals surface area contributed by atoms with E-state index in [9.17, 15) is 9.59 Å². The summed E-state index contributed by atoms with van der Waals surface area (Å²) in [5, 5.41) is 2.64. The van der Waals surface area contributed by atoms with Gasteiger partial charge < -0.3 is 10.5 Å². The lowest BCUT2D eigenvalue weighted by Gasteiger charge is -2.00. The molecule has 2 aromatic rings. The summed E-state index contributed by atoms with van der Waals surface area (Å²) in [7, 11) is 0. The lowest BCUT2D eigenvalue weighted by atomic mass is 10.1. The number of primary amides is 1. The first-order valence-corrected chi connectivity index (χ1v) is 5.04. The van der Waals surface area contributed by atoms with Crippen molar-refractivity contribution in [3.05, 3.63) is 35.2 Å². The SMILES string of the molecule is NC(=O)OC(=O)c1cccc2sccc12. The molecule has 5 heteroatoms. The summed E-state index contributed by atoms with van der Waals surface area (Å²) < 4.78 is 5.28. The number of rotatable bonds is 1. The first-order chi connectivity index (χ1) is 7.18. The van der Waals surface area contributed by atoms with Crippen LogP contribution in [0.15, 0.2) is 29.6 Å². The van der Waals surface area contributed by atoms with E-state index in [2.05, 4.69) is 4.74 Å². The van der Waals surface area contributed by atoms with Gasteiger partial charge in [0.1, 0.15) is 0 Å². The van der Waals surface area contributed by atoms with E-state index < -0.39 is 12.1 Å². The van der Waals surface area contributed by atoms with Crippen LogP contribution in [0.5, 0.6) is 0 Å². The number of fused-ring (bicyclic) bond motifs is 1. The number of benzene rings is 1. The number of thiophene rings is 1. The zero-order valence-corrected chi connectivity index (χ0v) is 8.41. The van der Waals surface area contributed by atoms with Crippen LogP contribution < -0.4 is 5.73 Å². The van der Waals surface area contributed by atoms with Crippen molar-refractivity contribution in [1.82, 2.24) is 0 Å². The van der Waals surface area contributed by atoms with Crippen molar-refractivity contribution in [2.75, 3.05) is 0 Å². The number of ether oxygens (including phenoxy) is 1. The Hall–Kier alpha value is -1.88. The van der Waals surface area contributed by atoms with Crippen molar-refractivity contribution in [3.63, 3.8) is 0 Å². The second kappa shape index (κ2) is 3.70. The van der Waals surface area contributed by atoms with Gasteiger partial charge in [-0.25, -0.2) is 9.59 Å². The van der Waals surface area contributed by atoms with Crippen molar-refractivity contribution < 1.29 is 14.3 Å². The molecule has 2 N–H and O–H groups in total. The largest absolute Gasteiger partial charge is 0.412 e. The molecular weight excluding hydrogens is 214 g/mol. The lowest BCUT2D eigenvalue weighted by Crippen LogP contribution is -2.18. The molecule has 0 spiro atoms. The molecule has 15 heavy (non-hydrogen) atoms. The van der Waals surface area contributed by atoms with Gasteiger partial charge in [0, 0.05) is 10.1 Å². The van der Waals surface area contributed by atoms with Gasteiger partial charge in [-0.05, 0) is 23.6 Å². The third-order valence-electron chi connectivity index (χ3n) is 1.91. The molecule has 0 aliphatic heterocycles. The van der Waals surface area contributed by atoms with Crippen LogP contribution >= 0.6 is 11.3 Å². The number of esters is 1. The fourth-order valence-corrected chi connectivity index (χ4v) is 2.13. The molecular formula is C10H7NO3S. The van der Waals surface area contributed by atoms with E-state index in [0.29, 0.717) is 5.56 Å². The summed E-state index contributed by atoms with van der Waals surface area (Å²) in [4.78, 5) is 21.9. The second-order valence-electron chi connectivity index (χ2n) is 2.85. The minimum Gasteiger partial charge on any atom is -0.373 e. The summed E-state index contributed by atoms with van der Waals surface area (Å²) in [6, 6.07) is 7.02. The highest BCUT2D eigenvalue weighted by Crippen LogP contribution is 2.24. The van der Waals surface area contributed by atoms with E-state index in [1.165, 1.54) is 11.3 Å². The molecule has 0 atom stereocenters. The monoisotopic (exact) mass is 221 g/mol. The molecule has 0 saturated heterocycles. The Labute approximate surface area is 89.3 Å². The molecule has 2 rings (SSSR count). The molecule has 1 heterocycles. The van der Waals surface area contributed by atoms with E-state index >= 15 is 0 Å². The van der Waals surface area contributed by atoms with E-state index in [1.807, 2.05) is 11.4 Å². The second-order valence-corrected chi connectivity index (χ2v) is 3.79. The quantitative estimate of drug-likeness (QED) is 0.592. The van der Waals surface area contributed by atoms with Crippen molar-refractivity contribution in [2.45, 2.75) is 0 Å². The van der Waals surface area contributed by atoms with E-state index in [1.54, 1.807) is 18.2 Å². The van der Waals surface area contributed by atoms with Gasteiger partial charge in [-0.15, -0.1) is 11.3 Å². The minimum absolute atomic E-state index is 0.354.